The van der Waals surface area contributed by atoms with Crippen molar-refractivity contribution in [3.63, 3.8) is 0 Å². The molecule has 17 heavy (non-hydrogen) atoms. The first-order valence-corrected chi connectivity index (χ1v) is 6.11. The van der Waals surface area contributed by atoms with Gasteiger partial charge in [-0.25, -0.2) is 14.6 Å². The third-order valence-corrected chi connectivity index (χ3v) is 3.26. The van der Waals surface area contributed by atoms with Crippen molar-refractivity contribution >= 4 is 17.6 Å². The molecule has 0 bridgehead atoms. The highest BCUT2D eigenvalue weighted by atomic mass is 32.2. The highest BCUT2D eigenvalue weighted by Crippen LogP contribution is 2.37. The van der Waals surface area contributed by atoms with E-state index in [0.717, 1.165) is 23.0 Å². The van der Waals surface area contributed by atoms with Crippen LogP contribution < -0.4 is 5.73 Å². The molecule has 1 saturated carbocycles. The highest BCUT2D eigenvalue weighted by Gasteiger charge is 2.28. The first-order valence-electron chi connectivity index (χ1n) is 5.29. The van der Waals surface area contributed by atoms with E-state index < -0.39 is 0 Å². The second-order valence-electron chi connectivity index (χ2n) is 3.92. The number of hydrogen-bond donors (Lipinski definition) is 1. The summed E-state index contributed by atoms with van der Waals surface area (Å²) in [6, 6.07) is 2.18. The average Bonchev–Trinajstić information content (AvgIpc) is 2.99. The molecule has 0 amide bonds. The third-order valence-electron chi connectivity index (χ3n) is 2.39. The molecule has 0 aliphatic heterocycles. The number of aryl methyl sites for hydroxylation is 1. The zero-order valence-corrected chi connectivity index (χ0v) is 10.1. The van der Waals surface area contributed by atoms with E-state index in [1.165, 1.54) is 11.8 Å². The molecule has 3 rings (SSSR count). The first kappa shape index (κ1) is 10.5. The molecule has 0 saturated heterocycles. The maximum atomic E-state index is 5.68. The molecule has 88 valence electrons. The summed E-state index contributed by atoms with van der Waals surface area (Å²) in [4.78, 5) is 8.32. The van der Waals surface area contributed by atoms with Gasteiger partial charge >= 0.3 is 0 Å². The number of aromatic nitrogens is 6. The topological polar surface area (TPSA) is 95.4 Å². The monoisotopic (exact) mass is 249 g/mol. The molecule has 0 aromatic carbocycles. The van der Waals surface area contributed by atoms with Crippen LogP contribution in [0.25, 0.3) is 0 Å². The molecule has 7 nitrogen and oxygen atoms in total. The Bertz CT molecular complexity index is 528. The minimum atomic E-state index is 0.452. The molecule has 0 atom stereocenters. The molecular weight excluding hydrogens is 238 g/mol. The van der Waals surface area contributed by atoms with Crippen LogP contribution >= 0.6 is 11.8 Å². The molecule has 2 aromatic heterocycles. The maximum absolute atomic E-state index is 5.68. The van der Waals surface area contributed by atoms with Crippen LogP contribution in [-0.4, -0.2) is 30.2 Å². The smallest absolute Gasteiger partial charge is 0.215 e. The average molecular weight is 249 g/mol. The van der Waals surface area contributed by atoms with Gasteiger partial charge in [0.1, 0.15) is 16.7 Å². The summed E-state index contributed by atoms with van der Waals surface area (Å²) in [6.45, 7) is 1.81. The fourth-order valence-corrected chi connectivity index (χ4v) is 2.41. The van der Waals surface area contributed by atoms with Gasteiger partial charge in [-0.05, 0) is 42.0 Å². The van der Waals surface area contributed by atoms with E-state index in [9.17, 15) is 0 Å². The standard InChI is InChI=1S/C9H11N7S/c1-5-11-7(10)4-8(12-5)17-9-13-14-15-16(9)6-2-3-6/h4,6H,2-3H2,1H3,(H2,10,11,12). The number of rotatable bonds is 3. The van der Waals surface area contributed by atoms with Gasteiger partial charge in [-0.1, -0.05) is 0 Å². The zero-order chi connectivity index (χ0) is 11.8. The van der Waals surface area contributed by atoms with Crippen molar-refractivity contribution in [2.75, 3.05) is 5.73 Å². The molecule has 8 heteroatoms. The van der Waals surface area contributed by atoms with Crippen LogP contribution in [0, 0.1) is 6.92 Å². The molecule has 1 aliphatic carbocycles. The van der Waals surface area contributed by atoms with Crippen LogP contribution in [0.5, 0.6) is 0 Å². The Morgan fingerprint density at radius 1 is 1.41 bits per heavy atom. The lowest BCUT2D eigenvalue weighted by Crippen LogP contribution is -2.00. The Balaban J connectivity index is 1.88. The van der Waals surface area contributed by atoms with Crippen molar-refractivity contribution in [1.82, 2.24) is 30.2 Å². The number of tetrazole rings is 1. The lowest BCUT2D eigenvalue weighted by molar-refractivity contribution is 0.565. The molecule has 0 radical (unpaired) electrons. The van der Waals surface area contributed by atoms with Gasteiger partial charge in [0, 0.05) is 6.07 Å². The summed E-state index contributed by atoms with van der Waals surface area (Å²) in [5.74, 6) is 1.11. The van der Waals surface area contributed by atoms with Crippen LogP contribution in [0.1, 0.15) is 24.7 Å². The van der Waals surface area contributed by atoms with E-state index in [0.29, 0.717) is 17.7 Å². The lowest BCUT2D eigenvalue weighted by Gasteiger charge is -2.03. The number of anilines is 1. The summed E-state index contributed by atoms with van der Waals surface area (Å²) in [6.07, 6.45) is 2.28. The largest absolute Gasteiger partial charge is 0.384 e. The second kappa shape index (κ2) is 3.95. The van der Waals surface area contributed by atoms with E-state index in [1.807, 2.05) is 11.6 Å². The molecule has 2 N–H and O–H groups in total. The molecule has 2 aromatic rings. The van der Waals surface area contributed by atoms with Crippen molar-refractivity contribution in [3.8, 4) is 0 Å². The molecule has 0 unspecified atom stereocenters. The number of nitrogens with zero attached hydrogens (tertiary/aromatic N) is 6. The van der Waals surface area contributed by atoms with Gasteiger partial charge in [0.15, 0.2) is 0 Å². The first-order chi connectivity index (χ1) is 8.22. The van der Waals surface area contributed by atoms with Crippen molar-refractivity contribution < 1.29 is 0 Å². The fraction of sp³-hybridized carbons (Fsp3) is 0.444. The Kier molecular flexibility index (Phi) is 2.43. The number of hydrogen-bond acceptors (Lipinski definition) is 7. The van der Waals surface area contributed by atoms with Gasteiger partial charge in [0.2, 0.25) is 5.16 Å². The Morgan fingerprint density at radius 3 is 2.94 bits per heavy atom. The Morgan fingerprint density at radius 2 is 2.24 bits per heavy atom. The van der Waals surface area contributed by atoms with Crippen LogP contribution in [-0.2, 0) is 0 Å². The van der Waals surface area contributed by atoms with Crippen LogP contribution in [0.3, 0.4) is 0 Å². The number of nitrogen functional groups attached to an aromatic ring is 1. The summed E-state index contributed by atoms with van der Waals surface area (Å²) >= 11 is 1.41. The molecule has 1 fully saturated rings. The molecule has 1 aliphatic rings. The van der Waals surface area contributed by atoms with Crippen LogP contribution in [0.4, 0.5) is 5.82 Å². The van der Waals surface area contributed by atoms with E-state index in [1.54, 1.807) is 6.07 Å². The van der Waals surface area contributed by atoms with Crippen LogP contribution in [0.15, 0.2) is 16.2 Å². The summed E-state index contributed by atoms with van der Waals surface area (Å²) in [5, 5.41) is 13.2. The lowest BCUT2D eigenvalue weighted by atomic mass is 10.5. The van der Waals surface area contributed by atoms with Gasteiger partial charge < -0.3 is 5.73 Å². The fourth-order valence-electron chi connectivity index (χ4n) is 1.51. The molecular formula is C9H11N7S. The molecule has 2 heterocycles. The van der Waals surface area contributed by atoms with Crippen molar-refractivity contribution in [1.29, 1.82) is 0 Å². The van der Waals surface area contributed by atoms with Gasteiger partial charge in [-0.2, -0.15) is 0 Å². The minimum Gasteiger partial charge on any atom is -0.384 e. The van der Waals surface area contributed by atoms with E-state index in [4.69, 9.17) is 5.73 Å². The van der Waals surface area contributed by atoms with E-state index >= 15 is 0 Å². The van der Waals surface area contributed by atoms with Crippen molar-refractivity contribution in [2.45, 2.75) is 36.0 Å². The van der Waals surface area contributed by atoms with Crippen molar-refractivity contribution in [2.24, 2.45) is 0 Å². The number of nitrogens with two attached hydrogens (primary N) is 1. The zero-order valence-electron chi connectivity index (χ0n) is 9.24. The van der Waals surface area contributed by atoms with Gasteiger partial charge in [0.25, 0.3) is 0 Å². The van der Waals surface area contributed by atoms with Gasteiger partial charge in [0.05, 0.1) is 6.04 Å². The Hall–Kier alpha value is -1.70. The third kappa shape index (κ3) is 2.21. The Labute approximate surface area is 102 Å². The summed E-state index contributed by atoms with van der Waals surface area (Å²) < 4.78 is 1.85. The van der Waals surface area contributed by atoms with Gasteiger partial charge in [-0.15, -0.1) is 5.10 Å². The molecule has 0 spiro atoms. The minimum absolute atomic E-state index is 0.452. The maximum Gasteiger partial charge on any atom is 0.215 e. The van der Waals surface area contributed by atoms with Gasteiger partial charge in [-0.3, -0.25) is 0 Å². The van der Waals surface area contributed by atoms with Crippen LogP contribution in [0.2, 0.25) is 0 Å². The van der Waals surface area contributed by atoms with E-state index in [-0.39, 0.29) is 0 Å². The SMILES string of the molecule is Cc1nc(N)cc(Sc2nnnn2C2CC2)n1. The normalized spacial score (nSPS) is 15.1. The predicted octanol–water partition coefficient (Wildman–Crippen LogP) is 0.840. The van der Waals surface area contributed by atoms with E-state index in [2.05, 4.69) is 25.5 Å². The highest BCUT2D eigenvalue weighted by molar-refractivity contribution is 7.99. The second-order valence-corrected chi connectivity index (χ2v) is 4.91. The summed E-state index contributed by atoms with van der Waals surface area (Å²) in [7, 11) is 0. The van der Waals surface area contributed by atoms with Crippen molar-refractivity contribution in [3.05, 3.63) is 11.9 Å². The quantitative estimate of drug-likeness (QED) is 0.805. The summed E-state index contributed by atoms with van der Waals surface area (Å²) in [5.41, 5.74) is 5.68. The predicted molar refractivity (Wildman–Crippen MR) is 61.4 cm³/mol.